The Labute approximate surface area is 169 Å². The lowest BCUT2D eigenvalue weighted by atomic mass is 10.2. The number of sulfonamides is 1. The lowest BCUT2D eigenvalue weighted by Gasteiger charge is -2.21. The molecular weight excluding hydrogens is 487 g/mol. The van der Waals surface area contributed by atoms with Crippen molar-refractivity contribution >= 4 is 56.1 Å². The van der Waals surface area contributed by atoms with Crippen LogP contribution in [0.15, 0.2) is 53.6 Å². The number of nitro groups is 1. The van der Waals surface area contributed by atoms with Crippen LogP contribution >= 0.6 is 22.6 Å². The normalized spacial score (nSPS) is 11.3. The van der Waals surface area contributed by atoms with E-state index in [1.807, 2.05) is 0 Å². The Morgan fingerprint density at radius 1 is 1.22 bits per heavy atom. The molecule has 2 rings (SSSR count). The smallest absolute Gasteiger partial charge is 0.269 e. The van der Waals surface area contributed by atoms with E-state index < -0.39 is 27.4 Å². The number of carbonyl (C=O) groups excluding carboxylic acids is 1. The number of nitro benzene ring substituents is 1. The molecular formula is C16H15IN4O5S. The summed E-state index contributed by atoms with van der Waals surface area (Å²) in [5.74, 6) is -0.628. The molecule has 1 N–H and O–H groups in total. The summed E-state index contributed by atoms with van der Waals surface area (Å²) < 4.78 is 25.9. The number of anilines is 1. The van der Waals surface area contributed by atoms with Gasteiger partial charge in [0.2, 0.25) is 10.0 Å². The highest BCUT2D eigenvalue weighted by atomic mass is 127. The third-order valence-electron chi connectivity index (χ3n) is 3.31. The number of hydrogen-bond donors (Lipinski definition) is 1. The van der Waals surface area contributed by atoms with Gasteiger partial charge >= 0.3 is 0 Å². The van der Waals surface area contributed by atoms with Crippen LogP contribution in [0, 0.1) is 13.7 Å². The lowest BCUT2D eigenvalue weighted by molar-refractivity contribution is -0.384. The zero-order valence-electron chi connectivity index (χ0n) is 14.1. The molecule has 0 aliphatic carbocycles. The van der Waals surface area contributed by atoms with Gasteiger partial charge in [-0.05, 0) is 64.6 Å². The van der Waals surface area contributed by atoms with E-state index in [1.165, 1.54) is 30.5 Å². The molecule has 2 aromatic carbocycles. The van der Waals surface area contributed by atoms with Gasteiger partial charge < -0.3 is 0 Å². The van der Waals surface area contributed by atoms with E-state index >= 15 is 0 Å². The molecule has 0 aliphatic rings. The standard InChI is InChI=1S/C16H15IN4O5S/c1-27(25,26)20(14-8-4-13(17)5-9-14)11-16(22)19-18-10-12-2-6-15(7-3-12)21(23)24/h2-10H,11H2,1H3,(H,19,22)/b18-10-. The Morgan fingerprint density at radius 3 is 2.33 bits per heavy atom. The summed E-state index contributed by atoms with van der Waals surface area (Å²) in [5, 5.41) is 14.3. The van der Waals surface area contributed by atoms with Crippen molar-refractivity contribution in [3.63, 3.8) is 0 Å². The predicted octanol–water partition coefficient (Wildman–Crippen LogP) is 2.12. The van der Waals surface area contributed by atoms with Gasteiger partial charge in [-0.1, -0.05) is 0 Å². The first-order valence-corrected chi connectivity index (χ1v) is 10.4. The number of benzene rings is 2. The minimum atomic E-state index is -3.66. The largest absolute Gasteiger partial charge is 0.271 e. The Morgan fingerprint density at radius 2 is 1.81 bits per heavy atom. The van der Waals surface area contributed by atoms with Gasteiger partial charge in [-0.3, -0.25) is 19.2 Å². The number of halogens is 1. The van der Waals surface area contributed by atoms with Crippen LogP contribution in [0.25, 0.3) is 0 Å². The molecule has 9 nitrogen and oxygen atoms in total. The maximum absolute atomic E-state index is 12.1. The third kappa shape index (κ3) is 6.29. The number of rotatable bonds is 7. The molecule has 0 aliphatic heterocycles. The molecule has 0 unspecified atom stereocenters. The van der Waals surface area contributed by atoms with Crippen molar-refractivity contribution in [3.8, 4) is 0 Å². The van der Waals surface area contributed by atoms with Gasteiger partial charge in [-0.2, -0.15) is 5.10 Å². The molecule has 0 saturated carbocycles. The second kappa shape index (κ2) is 8.90. The van der Waals surface area contributed by atoms with Crippen LogP contribution in [-0.2, 0) is 14.8 Å². The molecule has 142 valence electrons. The maximum Gasteiger partial charge on any atom is 0.269 e. The van der Waals surface area contributed by atoms with E-state index in [0.29, 0.717) is 11.3 Å². The first kappa shape index (κ1) is 20.8. The van der Waals surface area contributed by atoms with Crippen molar-refractivity contribution in [1.29, 1.82) is 0 Å². The highest BCUT2D eigenvalue weighted by Gasteiger charge is 2.20. The molecule has 0 heterocycles. The number of hydrogen-bond acceptors (Lipinski definition) is 6. The number of nitrogens with zero attached hydrogens (tertiary/aromatic N) is 3. The van der Waals surface area contributed by atoms with Crippen LogP contribution in [0.5, 0.6) is 0 Å². The van der Waals surface area contributed by atoms with E-state index in [1.54, 1.807) is 24.3 Å². The summed E-state index contributed by atoms with van der Waals surface area (Å²) in [6, 6.07) is 12.3. The maximum atomic E-state index is 12.1. The molecule has 0 saturated heterocycles. The van der Waals surface area contributed by atoms with Crippen LogP contribution in [0.2, 0.25) is 0 Å². The van der Waals surface area contributed by atoms with Gasteiger partial charge in [0.15, 0.2) is 0 Å². The fraction of sp³-hybridized carbons (Fsp3) is 0.125. The minimum Gasteiger partial charge on any atom is -0.271 e. The molecule has 1 amide bonds. The number of nitrogens with one attached hydrogen (secondary N) is 1. The zero-order chi connectivity index (χ0) is 20.0. The van der Waals surface area contributed by atoms with Gasteiger partial charge in [0.05, 0.1) is 23.1 Å². The van der Waals surface area contributed by atoms with E-state index in [-0.39, 0.29) is 5.69 Å². The average Bonchev–Trinajstić information content (AvgIpc) is 2.60. The Bertz CT molecular complexity index is 959. The molecule has 2 aromatic rings. The molecule has 11 heteroatoms. The zero-order valence-corrected chi connectivity index (χ0v) is 17.0. The van der Waals surface area contributed by atoms with Gasteiger partial charge in [0.1, 0.15) is 6.54 Å². The molecule has 0 radical (unpaired) electrons. The van der Waals surface area contributed by atoms with Crippen molar-refractivity contribution in [2.24, 2.45) is 5.10 Å². The summed E-state index contributed by atoms with van der Waals surface area (Å²) >= 11 is 2.09. The van der Waals surface area contributed by atoms with Crippen LogP contribution in [0.1, 0.15) is 5.56 Å². The minimum absolute atomic E-state index is 0.0579. The number of carbonyl (C=O) groups is 1. The second-order valence-corrected chi connectivity index (χ2v) is 8.54. The summed E-state index contributed by atoms with van der Waals surface area (Å²) in [6.07, 6.45) is 2.32. The number of amides is 1. The lowest BCUT2D eigenvalue weighted by Crippen LogP contribution is -2.39. The fourth-order valence-corrected chi connectivity index (χ4v) is 3.25. The summed E-state index contributed by atoms with van der Waals surface area (Å²) in [6.45, 7) is -0.434. The Hall–Kier alpha value is -2.54. The van der Waals surface area contributed by atoms with Crippen LogP contribution in [-0.4, -0.2) is 38.3 Å². The van der Waals surface area contributed by atoms with E-state index in [2.05, 4.69) is 33.1 Å². The van der Waals surface area contributed by atoms with E-state index in [0.717, 1.165) is 14.1 Å². The van der Waals surface area contributed by atoms with Gasteiger partial charge in [0.25, 0.3) is 11.6 Å². The number of hydrazone groups is 1. The topological polar surface area (TPSA) is 122 Å². The molecule has 27 heavy (non-hydrogen) atoms. The molecule has 0 fully saturated rings. The summed E-state index contributed by atoms with van der Waals surface area (Å²) in [7, 11) is -3.66. The molecule has 0 spiro atoms. The first-order chi connectivity index (χ1) is 12.7. The highest BCUT2D eigenvalue weighted by molar-refractivity contribution is 14.1. The average molecular weight is 502 g/mol. The monoisotopic (exact) mass is 502 g/mol. The van der Waals surface area contributed by atoms with Crippen LogP contribution < -0.4 is 9.73 Å². The van der Waals surface area contributed by atoms with Crippen molar-refractivity contribution in [2.75, 3.05) is 17.1 Å². The first-order valence-electron chi connectivity index (χ1n) is 7.46. The van der Waals surface area contributed by atoms with Crippen LogP contribution in [0.3, 0.4) is 0 Å². The fourth-order valence-electron chi connectivity index (χ4n) is 2.03. The third-order valence-corrected chi connectivity index (χ3v) is 5.17. The van der Waals surface area contributed by atoms with E-state index in [9.17, 15) is 23.3 Å². The quantitative estimate of drug-likeness (QED) is 0.269. The highest BCUT2D eigenvalue weighted by Crippen LogP contribution is 2.18. The Balaban J connectivity index is 2.03. The SMILES string of the molecule is CS(=O)(=O)N(CC(=O)N/N=C\c1ccc([N+](=O)[O-])cc1)c1ccc(I)cc1. The summed E-state index contributed by atoms with van der Waals surface area (Å²) in [5.41, 5.74) is 3.09. The van der Waals surface area contributed by atoms with Gasteiger partial charge in [-0.15, -0.1) is 0 Å². The Kier molecular flexibility index (Phi) is 6.85. The van der Waals surface area contributed by atoms with Crippen molar-refractivity contribution in [3.05, 3.63) is 67.8 Å². The molecule has 0 atom stereocenters. The van der Waals surface area contributed by atoms with E-state index in [4.69, 9.17) is 0 Å². The van der Waals surface area contributed by atoms with Crippen molar-refractivity contribution in [2.45, 2.75) is 0 Å². The molecule has 0 aromatic heterocycles. The van der Waals surface area contributed by atoms with Crippen molar-refractivity contribution in [1.82, 2.24) is 5.43 Å². The number of non-ortho nitro benzene ring substituents is 1. The van der Waals surface area contributed by atoms with Crippen LogP contribution in [0.4, 0.5) is 11.4 Å². The molecule has 0 bridgehead atoms. The predicted molar refractivity (Wildman–Crippen MR) is 110 cm³/mol. The second-order valence-electron chi connectivity index (χ2n) is 5.39. The van der Waals surface area contributed by atoms with Gasteiger partial charge in [0, 0.05) is 15.7 Å². The van der Waals surface area contributed by atoms with Gasteiger partial charge in [-0.25, -0.2) is 13.8 Å². The summed E-state index contributed by atoms with van der Waals surface area (Å²) in [4.78, 5) is 22.1. The van der Waals surface area contributed by atoms with Crippen molar-refractivity contribution < 1.29 is 18.1 Å².